The normalized spacial score (nSPS) is 13.8. The van der Waals surface area contributed by atoms with Crippen LogP contribution < -0.4 is 29.1 Å². The molecule has 2 aliphatic carbocycles. The van der Waals surface area contributed by atoms with Crippen LogP contribution in [0.1, 0.15) is 55.6 Å². The van der Waals surface area contributed by atoms with E-state index in [4.69, 9.17) is 13.9 Å². The summed E-state index contributed by atoms with van der Waals surface area (Å²) in [6.45, 7) is 7.80. The van der Waals surface area contributed by atoms with Crippen LogP contribution in [0.5, 0.6) is 23.0 Å². The first-order valence-corrected chi connectivity index (χ1v) is 45.8. The second kappa shape index (κ2) is 35.5. The zero-order chi connectivity index (χ0) is 94.0. The van der Waals surface area contributed by atoms with Crippen molar-refractivity contribution in [2.45, 2.75) is 10.8 Å². The molecule has 13 heteroatoms. The summed E-state index contributed by atoms with van der Waals surface area (Å²) in [4.78, 5) is 8.45. The van der Waals surface area contributed by atoms with Gasteiger partial charge in [0.15, 0.2) is 0 Å². The fraction of sp³-hybridized carbons (Fsp3) is 0.0159. The van der Waals surface area contributed by atoms with Gasteiger partial charge in [-0.2, -0.15) is 0 Å². The Hall–Kier alpha value is -17.9. The molecule has 0 saturated heterocycles. The highest BCUT2D eigenvalue weighted by molar-refractivity contribution is 6.19. The van der Waals surface area contributed by atoms with E-state index in [0.29, 0.717) is 45.5 Å². The third-order valence-electron chi connectivity index (χ3n) is 26.9. The van der Waals surface area contributed by atoms with E-state index < -0.39 is 22.5 Å². The van der Waals surface area contributed by atoms with Crippen molar-refractivity contribution in [1.82, 2.24) is 0 Å². The van der Waals surface area contributed by atoms with Gasteiger partial charge in [-0.25, -0.2) is 26.3 Å². The number of hydrogen-bond acceptors (Lipinski definition) is 7. The fourth-order valence-electron chi connectivity index (χ4n) is 20.5. The first-order valence-electron chi connectivity index (χ1n) is 45.8. The Balaban J connectivity index is 0.571. The largest absolute Gasteiger partial charge is 0.457 e. The van der Waals surface area contributed by atoms with Crippen molar-refractivity contribution in [3.05, 3.63) is 565 Å². The van der Waals surface area contributed by atoms with Gasteiger partial charge in [0, 0.05) is 56.9 Å². The van der Waals surface area contributed by atoms with E-state index in [1.54, 1.807) is 60.7 Å². The SMILES string of the molecule is C=Cc1ccc(Oc2ccc(C3(c4ccc(F)cc4)c4ccccc4-c4ccc(N(c5ccc(F)cc5)c5ccc(-c6ccc(N(c7ccc(F)cc7)c7cccc8oc9cccc(N(c%10ccc(F)cc%10)c%10ccc(-c%11ccc(N(c%12ccc(F)cc%12)c%12ccc%13c(c%12)C(c%12ccc(F)cc%12)(c%12ccc(Oc%14ccc(C=C)cc%14)cc%12)c%12ccccc%12-%13)cc%11)cc%10)c9c78)cc6)cc5)cc43)cc2)cc1. The number of hydrogen-bond donors (Lipinski definition) is 0. The van der Waals surface area contributed by atoms with Gasteiger partial charge in [-0.1, -0.05) is 219 Å². The van der Waals surface area contributed by atoms with Crippen LogP contribution in [0.25, 0.3) is 78.6 Å². The van der Waals surface area contributed by atoms with E-state index in [1.165, 1.54) is 72.8 Å². The second-order valence-electron chi connectivity index (χ2n) is 34.7. The molecule has 1 heterocycles. The molecule has 0 saturated carbocycles. The summed E-state index contributed by atoms with van der Waals surface area (Å²) >= 11 is 0. The van der Waals surface area contributed by atoms with E-state index >= 15 is 26.3 Å². The Labute approximate surface area is 800 Å². The lowest BCUT2D eigenvalue weighted by molar-refractivity contribution is 0.482. The fourth-order valence-corrected chi connectivity index (χ4v) is 20.5. The monoisotopic (exact) mass is 1810 g/mol. The predicted molar refractivity (Wildman–Crippen MR) is 551 cm³/mol. The van der Waals surface area contributed by atoms with Crippen LogP contribution in [0, 0.1) is 34.9 Å². The number of nitrogens with zero attached hydrogens (tertiary/aromatic N) is 4. The molecular formula is C126H82F6N4O3. The van der Waals surface area contributed by atoms with Gasteiger partial charge in [0.2, 0.25) is 0 Å². The zero-order valence-corrected chi connectivity index (χ0v) is 74.7. The molecule has 139 heavy (non-hydrogen) atoms. The van der Waals surface area contributed by atoms with Gasteiger partial charge >= 0.3 is 0 Å². The quantitative estimate of drug-likeness (QED) is 0.0559. The standard InChI is InChI=1S/C126H82F6N4O3/c1-3-81-19-69-107(70-20-81)137-109-73-35-89(36-74-109)125(87-31-39-91(127)40-32-87)115-13-7-5-11-111(115)113-77-67-105(79-117(113)125)133(99-59-43-93(129)44-60-99)97-51-23-83(24-52-97)85-27-55-101(56-28-85)135(103-63-47-95(131)48-64-103)119-15-9-17-121-123(119)124-120(16-10-18-122(124)139-121)136(104-65-49-96(132)50-66-104)102-57-29-86(30-58-102)84-25-53-98(54-26-84)134(100-61-45-94(130)46-62-100)106-68-78-114-112-12-6-8-14-116(112)126(118(114)80-106,88-33-41-92(128)42-34-88)90-37-75-110(76-38-90)138-108-71-21-82(4-2)22-72-108/h3-80H,1-2H2. The molecule has 2 aliphatic rings. The highest BCUT2D eigenvalue weighted by Gasteiger charge is 2.49. The summed E-state index contributed by atoms with van der Waals surface area (Å²) in [5.41, 5.74) is 25.7. The van der Waals surface area contributed by atoms with Crippen LogP contribution in [0.4, 0.5) is 94.6 Å². The van der Waals surface area contributed by atoms with Gasteiger partial charge in [0.1, 0.15) is 69.1 Å². The lowest BCUT2D eigenvalue weighted by Crippen LogP contribution is -2.28. The molecule has 666 valence electrons. The van der Waals surface area contributed by atoms with Gasteiger partial charge in [-0.05, 0) is 367 Å². The Morgan fingerprint density at radius 1 is 0.216 bits per heavy atom. The van der Waals surface area contributed by atoms with Crippen LogP contribution in [-0.4, -0.2) is 0 Å². The molecule has 0 radical (unpaired) electrons. The Morgan fingerprint density at radius 2 is 0.453 bits per heavy atom. The van der Waals surface area contributed by atoms with E-state index in [2.05, 4.69) is 215 Å². The minimum absolute atomic E-state index is 0.352. The number of benzene rings is 20. The molecular weight excluding hydrogens is 1730 g/mol. The smallest absolute Gasteiger partial charge is 0.137 e. The van der Waals surface area contributed by atoms with Crippen molar-refractivity contribution < 1.29 is 40.2 Å². The maximum Gasteiger partial charge on any atom is 0.137 e. The van der Waals surface area contributed by atoms with E-state index in [9.17, 15) is 0 Å². The summed E-state index contributed by atoms with van der Waals surface area (Å²) in [6.07, 6.45) is 3.58. The van der Waals surface area contributed by atoms with Crippen molar-refractivity contribution in [2.24, 2.45) is 0 Å². The van der Waals surface area contributed by atoms with Gasteiger partial charge < -0.3 is 33.5 Å². The van der Waals surface area contributed by atoms with Crippen LogP contribution in [0.3, 0.4) is 0 Å². The van der Waals surface area contributed by atoms with Gasteiger partial charge in [-0.3, -0.25) is 0 Å². The minimum Gasteiger partial charge on any atom is -0.457 e. The van der Waals surface area contributed by atoms with Gasteiger partial charge in [0.05, 0.1) is 33.0 Å². The minimum atomic E-state index is -0.936. The molecule has 2 unspecified atom stereocenters. The Bertz CT molecular complexity index is 7730. The molecule has 0 aliphatic heterocycles. The maximum absolute atomic E-state index is 15.3. The third kappa shape index (κ3) is 15.4. The van der Waals surface area contributed by atoms with Gasteiger partial charge in [-0.15, -0.1) is 0 Å². The number of fused-ring (bicyclic) bond motifs is 9. The summed E-state index contributed by atoms with van der Waals surface area (Å²) in [6, 6.07) is 146. The van der Waals surface area contributed by atoms with Crippen molar-refractivity contribution in [2.75, 3.05) is 19.6 Å². The lowest BCUT2D eigenvalue weighted by atomic mass is 9.67. The molecule has 0 spiro atoms. The molecule has 0 N–H and O–H groups in total. The van der Waals surface area contributed by atoms with Crippen molar-refractivity contribution in [1.29, 1.82) is 0 Å². The first-order chi connectivity index (χ1) is 68.2. The average Bonchev–Trinajstić information content (AvgIpc) is 1.54. The molecule has 7 nitrogen and oxygen atoms in total. The highest BCUT2D eigenvalue weighted by atomic mass is 19.1. The molecule has 1 aromatic heterocycles. The first kappa shape index (κ1) is 85.3. The Morgan fingerprint density at radius 3 is 0.741 bits per heavy atom. The van der Waals surface area contributed by atoms with Crippen LogP contribution >= 0.6 is 0 Å². The average molecular weight is 1810 g/mol. The van der Waals surface area contributed by atoms with Crippen LogP contribution in [0.2, 0.25) is 0 Å². The van der Waals surface area contributed by atoms with Crippen molar-refractivity contribution >= 4 is 102 Å². The molecule has 23 rings (SSSR count). The molecule has 0 amide bonds. The number of furan rings is 1. The van der Waals surface area contributed by atoms with Crippen LogP contribution in [-0.2, 0) is 10.8 Å². The Kier molecular flexibility index (Phi) is 21.8. The number of anilines is 12. The van der Waals surface area contributed by atoms with Gasteiger partial charge in [0.25, 0.3) is 0 Å². The third-order valence-corrected chi connectivity index (χ3v) is 26.9. The van der Waals surface area contributed by atoms with Crippen molar-refractivity contribution in [3.8, 4) is 67.5 Å². The maximum atomic E-state index is 15.3. The van der Waals surface area contributed by atoms with E-state index in [1.807, 2.05) is 158 Å². The topological polar surface area (TPSA) is 44.6 Å². The zero-order valence-electron chi connectivity index (χ0n) is 74.7. The predicted octanol–water partition coefficient (Wildman–Crippen LogP) is 35.2. The summed E-state index contributed by atoms with van der Waals surface area (Å²) in [5.74, 6) is 0.407. The lowest BCUT2D eigenvalue weighted by Gasteiger charge is -2.35. The van der Waals surface area contributed by atoms with E-state index in [0.717, 1.165) is 168 Å². The highest BCUT2D eigenvalue weighted by Crippen LogP contribution is 2.61. The molecule has 2 atom stereocenters. The number of rotatable bonds is 24. The summed E-state index contributed by atoms with van der Waals surface area (Å²) < 4.78 is 111. The number of ether oxygens (including phenoxy) is 2. The number of halogens is 6. The molecule has 20 aromatic carbocycles. The van der Waals surface area contributed by atoms with E-state index in [-0.39, 0.29) is 23.3 Å². The summed E-state index contributed by atoms with van der Waals surface area (Å²) in [5, 5.41) is 1.53. The molecule has 0 fully saturated rings. The second-order valence-corrected chi connectivity index (χ2v) is 34.7. The van der Waals surface area contributed by atoms with Crippen LogP contribution in [0.15, 0.2) is 479 Å². The molecule has 0 bridgehead atoms. The summed E-state index contributed by atoms with van der Waals surface area (Å²) in [7, 11) is 0. The molecule has 21 aromatic rings. The van der Waals surface area contributed by atoms with Crippen molar-refractivity contribution in [3.63, 3.8) is 0 Å².